The fourth-order valence-electron chi connectivity index (χ4n) is 3.71. The van der Waals surface area contributed by atoms with Crippen LogP contribution in [0.3, 0.4) is 0 Å². The zero-order valence-electron chi connectivity index (χ0n) is 16.9. The normalized spacial score (nSPS) is 14.5. The minimum absolute atomic E-state index is 0.0215. The summed E-state index contributed by atoms with van der Waals surface area (Å²) in [5, 5.41) is 8.85. The Hall–Kier alpha value is -3.50. The van der Waals surface area contributed by atoms with Gasteiger partial charge >= 0.3 is 12.1 Å². The summed E-state index contributed by atoms with van der Waals surface area (Å²) in [6.45, 7) is 1.85. The molecule has 0 spiro atoms. The molecule has 0 saturated heterocycles. The van der Waals surface area contributed by atoms with Crippen LogP contribution in [0.1, 0.15) is 46.2 Å². The third-order valence-electron chi connectivity index (χ3n) is 5.59. The first-order valence-electron chi connectivity index (χ1n) is 9.58. The van der Waals surface area contributed by atoms with Crippen LogP contribution in [0.25, 0.3) is 27.9 Å². The maximum atomic E-state index is 13.4. The molecule has 0 aliphatic heterocycles. The number of carbonyl (C=O) groups is 1. The molecule has 1 fully saturated rings. The molecule has 0 amide bonds. The van der Waals surface area contributed by atoms with Crippen LogP contribution in [0.5, 0.6) is 0 Å². The number of rotatable bonds is 3. The topological polar surface area (TPSA) is 87.2 Å². The van der Waals surface area contributed by atoms with E-state index in [1.54, 1.807) is 17.9 Å². The van der Waals surface area contributed by atoms with E-state index in [2.05, 4.69) is 20.2 Å². The van der Waals surface area contributed by atoms with Crippen molar-refractivity contribution in [2.24, 2.45) is 7.05 Å². The molecule has 0 radical (unpaired) electrons. The van der Waals surface area contributed by atoms with Gasteiger partial charge in [-0.25, -0.2) is 19.3 Å². The molecular weight excluding hydrogens is 413 g/mol. The van der Waals surface area contributed by atoms with Crippen LogP contribution in [0, 0.1) is 6.92 Å². The summed E-state index contributed by atoms with van der Waals surface area (Å²) in [7, 11) is 3.00. The summed E-state index contributed by atoms with van der Waals surface area (Å²) in [4.78, 5) is 20.9. The highest BCUT2D eigenvalue weighted by Crippen LogP contribution is 2.45. The summed E-state index contributed by atoms with van der Waals surface area (Å²) in [6.07, 6.45) is -1.43. The molecule has 8 nitrogen and oxygen atoms in total. The lowest BCUT2D eigenvalue weighted by molar-refractivity contribution is -0.141. The number of aromatic nitrogens is 6. The molecule has 1 aliphatic rings. The van der Waals surface area contributed by atoms with Gasteiger partial charge in [0.25, 0.3) is 0 Å². The van der Waals surface area contributed by atoms with Crippen molar-refractivity contribution in [3.8, 4) is 11.3 Å². The van der Waals surface area contributed by atoms with E-state index in [9.17, 15) is 18.0 Å². The minimum atomic E-state index is -4.61. The van der Waals surface area contributed by atoms with Gasteiger partial charge in [-0.1, -0.05) is 0 Å². The number of hydrogen-bond donors (Lipinski definition) is 0. The Morgan fingerprint density at radius 2 is 1.97 bits per heavy atom. The Bertz CT molecular complexity index is 1370. The molecule has 4 aromatic heterocycles. The number of aryl methyl sites for hydroxylation is 1. The Morgan fingerprint density at radius 1 is 1.23 bits per heavy atom. The molecule has 4 aromatic rings. The van der Waals surface area contributed by atoms with Crippen LogP contribution >= 0.6 is 0 Å². The van der Waals surface area contributed by atoms with Gasteiger partial charge < -0.3 is 4.74 Å². The lowest BCUT2D eigenvalue weighted by Gasteiger charge is -2.09. The minimum Gasteiger partial charge on any atom is -0.464 e. The molecule has 5 rings (SSSR count). The molecule has 1 aliphatic carbocycles. The van der Waals surface area contributed by atoms with E-state index >= 15 is 0 Å². The maximum absolute atomic E-state index is 13.4. The SMILES string of the molecule is COC(=O)c1cc(-c2cnn(C)c2C)nc2c3c(C4CC4)cc(C(F)(F)F)nc3nn12. The molecule has 0 unspecified atom stereocenters. The van der Waals surface area contributed by atoms with Gasteiger partial charge in [0.05, 0.1) is 24.4 Å². The van der Waals surface area contributed by atoms with Gasteiger partial charge in [-0.15, -0.1) is 5.10 Å². The quantitative estimate of drug-likeness (QED) is 0.461. The summed E-state index contributed by atoms with van der Waals surface area (Å²) < 4.78 is 48.1. The second-order valence-electron chi connectivity index (χ2n) is 7.59. The smallest absolute Gasteiger partial charge is 0.433 e. The Labute approximate surface area is 173 Å². The molecule has 11 heteroatoms. The number of halogens is 3. The van der Waals surface area contributed by atoms with Crippen molar-refractivity contribution in [2.75, 3.05) is 7.11 Å². The van der Waals surface area contributed by atoms with Crippen molar-refractivity contribution >= 4 is 22.6 Å². The number of alkyl halides is 3. The number of nitrogens with zero attached hydrogens (tertiary/aromatic N) is 6. The Balaban J connectivity index is 1.89. The number of esters is 1. The van der Waals surface area contributed by atoms with Crippen LogP contribution in [-0.4, -0.2) is 42.4 Å². The van der Waals surface area contributed by atoms with E-state index in [-0.39, 0.29) is 22.9 Å². The van der Waals surface area contributed by atoms with E-state index in [0.717, 1.165) is 24.6 Å². The molecule has 0 N–H and O–H groups in total. The first-order valence-corrected chi connectivity index (χ1v) is 9.58. The van der Waals surface area contributed by atoms with Crippen molar-refractivity contribution in [2.45, 2.75) is 31.9 Å². The first-order chi connectivity index (χ1) is 14.7. The van der Waals surface area contributed by atoms with Crippen LogP contribution in [0.4, 0.5) is 13.2 Å². The second kappa shape index (κ2) is 6.50. The lowest BCUT2D eigenvalue weighted by atomic mass is 10.1. The number of fused-ring (bicyclic) bond motifs is 3. The van der Waals surface area contributed by atoms with E-state index in [1.165, 1.54) is 17.7 Å². The van der Waals surface area contributed by atoms with Gasteiger partial charge in [-0.2, -0.15) is 18.3 Å². The van der Waals surface area contributed by atoms with Crippen molar-refractivity contribution < 1.29 is 22.7 Å². The standard InChI is InChI=1S/C20H17F3N6O2/c1-9-12(8-24-28(9)2)13-7-14(19(30)31-3)29-18(25-13)16-11(10-4-5-10)6-15(20(21,22)23)26-17(16)27-29/h6-8,10H,4-5H2,1-3H3. The van der Waals surface area contributed by atoms with E-state index in [0.29, 0.717) is 22.2 Å². The number of ether oxygens (including phenoxy) is 1. The van der Waals surface area contributed by atoms with Crippen LogP contribution in [-0.2, 0) is 18.0 Å². The molecule has 160 valence electrons. The van der Waals surface area contributed by atoms with Gasteiger partial charge in [0, 0.05) is 18.3 Å². The van der Waals surface area contributed by atoms with E-state index in [4.69, 9.17) is 4.74 Å². The summed E-state index contributed by atoms with van der Waals surface area (Å²) in [5.74, 6) is -0.709. The largest absolute Gasteiger partial charge is 0.464 e. The highest BCUT2D eigenvalue weighted by atomic mass is 19.4. The maximum Gasteiger partial charge on any atom is 0.433 e. The van der Waals surface area contributed by atoms with Crippen molar-refractivity contribution in [1.82, 2.24) is 29.4 Å². The molecule has 1 saturated carbocycles. The number of hydrogen-bond acceptors (Lipinski definition) is 6. The lowest BCUT2D eigenvalue weighted by Crippen LogP contribution is -2.10. The third kappa shape index (κ3) is 3.03. The second-order valence-corrected chi connectivity index (χ2v) is 7.59. The predicted octanol–water partition coefficient (Wildman–Crippen LogP) is 3.67. The first kappa shape index (κ1) is 19.5. The zero-order chi connectivity index (χ0) is 22.1. The average molecular weight is 430 g/mol. The summed E-state index contributed by atoms with van der Waals surface area (Å²) in [6, 6.07) is 2.57. The highest BCUT2D eigenvalue weighted by Gasteiger charge is 2.37. The summed E-state index contributed by atoms with van der Waals surface area (Å²) >= 11 is 0. The molecule has 0 bridgehead atoms. The predicted molar refractivity (Wildman–Crippen MR) is 104 cm³/mol. The molecule has 0 atom stereocenters. The van der Waals surface area contributed by atoms with Gasteiger partial charge in [0.15, 0.2) is 17.0 Å². The van der Waals surface area contributed by atoms with Gasteiger partial charge in [0.2, 0.25) is 0 Å². The monoisotopic (exact) mass is 430 g/mol. The molecule has 0 aromatic carbocycles. The van der Waals surface area contributed by atoms with Gasteiger partial charge in [-0.05, 0) is 43.4 Å². The molecule has 4 heterocycles. The van der Waals surface area contributed by atoms with Crippen LogP contribution < -0.4 is 0 Å². The van der Waals surface area contributed by atoms with Crippen molar-refractivity contribution in [1.29, 1.82) is 0 Å². The van der Waals surface area contributed by atoms with Crippen molar-refractivity contribution in [3.63, 3.8) is 0 Å². The Morgan fingerprint density at radius 3 is 2.55 bits per heavy atom. The number of carbonyl (C=O) groups excluding carboxylic acids is 1. The van der Waals surface area contributed by atoms with E-state index in [1.807, 2.05) is 6.92 Å². The fraction of sp³-hybridized carbons (Fsp3) is 0.350. The Kier molecular flexibility index (Phi) is 4.08. The highest BCUT2D eigenvalue weighted by molar-refractivity contribution is 5.97. The van der Waals surface area contributed by atoms with Gasteiger partial charge in [0.1, 0.15) is 5.69 Å². The van der Waals surface area contributed by atoms with Gasteiger partial charge in [-0.3, -0.25) is 4.68 Å². The van der Waals surface area contributed by atoms with Crippen LogP contribution in [0.15, 0.2) is 18.3 Å². The van der Waals surface area contributed by atoms with E-state index < -0.39 is 17.8 Å². The fourth-order valence-corrected chi connectivity index (χ4v) is 3.71. The zero-order valence-corrected chi connectivity index (χ0v) is 16.9. The molecular formula is C20H17F3N6O2. The van der Waals surface area contributed by atoms with Crippen LogP contribution in [0.2, 0.25) is 0 Å². The molecule has 31 heavy (non-hydrogen) atoms. The number of methoxy groups -OCH3 is 1. The number of pyridine rings is 1. The third-order valence-corrected chi connectivity index (χ3v) is 5.59. The average Bonchev–Trinajstić information content (AvgIpc) is 3.43. The van der Waals surface area contributed by atoms with Crippen molar-refractivity contribution in [3.05, 3.63) is 41.0 Å². The summed E-state index contributed by atoms with van der Waals surface area (Å²) in [5.41, 5.74) is 1.65.